The van der Waals surface area contributed by atoms with Gasteiger partial charge in [0.2, 0.25) is 0 Å². The minimum absolute atomic E-state index is 0.131. The lowest BCUT2D eigenvalue weighted by molar-refractivity contribution is -0.384. The molecule has 4 aromatic carbocycles. The normalized spacial score (nSPS) is 13.7. The molecule has 0 amide bonds. The molecular weight excluding hydrogens is 402 g/mol. The standard InChI is InChI=1S/C27H17NO2S/c1-27(2)21-12-5-3-9-20(21)24-22(27)15-14-19-18-11-7-10-17(25(18)31-26(19)24)16-8-4-6-13-23(16)28(29)30/h3-4,6-11,13-15H,1-2H3. The van der Waals surface area contributed by atoms with Crippen molar-refractivity contribution in [2.75, 3.05) is 0 Å². The van der Waals surface area contributed by atoms with Crippen molar-refractivity contribution >= 4 is 37.2 Å². The van der Waals surface area contributed by atoms with E-state index in [1.165, 1.54) is 32.3 Å². The van der Waals surface area contributed by atoms with Gasteiger partial charge in [0.15, 0.2) is 0 Å². The van der Waals surface area contributed by atoms with Crippen LogP contribution in [-0.4, -0.2) is 4.92 Å². The topological polar surface area (TPSA) is 43.1 Å². The predicted octanol–water partition coefficient (Wildman–Crippen LogP) is 7.54. The van der Waals surface area contributed by atoms with E-state index in [-0.39, 0.29) is 16.0 Å². The lowest BCUT2D eigenvalue weighted by atomic mass is 9.83. The molecule has 0 saturated heterocycles. The second-order valence-corrected chi connectivity index (χ2v) is 9.46. The average molecular weight is 420 g/mol. The maximum absolute atomic E-state index is 11.7. The van der Waals surface area contributed by atoms with E-state index in [4.69, 9.17) is 0 Å². The highest BCUT2D eigenvalue weighted by atomic mass is 32.1. The first kappa shape index (κ1) is 18.1. The maximum Gasteiger partial charge on any atom is 0.277 e. The Hall–Kier alpha value is -3.68. The van der Waals surface area contributed by atoms with Gasteiger partial charge in [-0.2, -0.15) is 0 Å². The number of para-hydroxylation sites is 1. The minimum Gasteiger partial charge on any atom is -0.258 e. The molecule has 1 aromatic heterocycles. The summed E-state index contributed by atoms with van der Waals surface area (Å²) in [6.45, 7) is 4.47. The largest absolute Gasteiger partial charge is 0.277 e. The first-order valence-corrected chi connectivity index (χ1v) is 11.0. The van der Waals surface area contributed by atoms with Gasteiger partial charge >= 0.3 is 0 Å². The summed E-state index contributed by atoms with van der Waals surface area (Å²) in [4.78, 5) is 11.4. The van der Waals surface area contributed by atoms with Crippen LogP contribution in [-0.2, 0) is 5.41 Å². The number of hydrogen-bond acceptors (Lipinski definition) is 3. The van der Waals surface area contributed by atoms with Crippen LogP contribution in [0.25, 0.3) is 42.4 Å². The van der Waals surface area contributed by atoms with Crippen LogP contribution in [0.2, 0.25) is 0 Å². The zero-order chi connectivity index (χ0) is 21.3. The number of thiophene rings is 1. The number of benzene rings is 3. The van der Waals surface area contributed by atoms with Crippen molar-refractivity contribution in [3.8, 4) is 22.3 Å². The van der Waals surface area contributed by atoms with Gasteiger partial charge in [-0.15, -0.1) is 11.3 Å². The number of hydrogen-bond donors (Lipinski definition) is 0. The minimum atomic E-state index is -0.301. The quantitative estimate of drug-likeness (QED) is 0.219. The molecule has 0 unspecified atom stereocenters. The highest BCUT2D eigenvalue weighted by molar-refractivity contribution is 7.27. The number of nitro benzene ring substituents is 1. The van der Waals surface area contributed by atoms with Gasteiger partial charge in [0.1, 0.15) is 0 Å². The van der Waals surface area contributed by atoms with E-state index in [1.54, 1.807) is 23.5 Å². The van der Waals surface area contributed by atoms with Gasteiger partial charge in [-0.25, -0.2) is 0 Å². The number of nitrogens with zero attached hydrogens (tertiary/aromatic N) is 1. The van der Waals surface area contributed by atoms with Crippen molar-refractivity contribution in [2.45, 2.75) is 19.3 Å². The van der Waals surface area contributed by atoms with Crippen LogP contribution < -0.4 is 0 Å². The molecule has 5 aromatic rings. The summed E-state index contributed by atoms with van der Waals surface area (Å²) in [6, 6.07) is 28.0. The average Bonchev–Trinajstić information content (AvgIpc) is 3.27. The summed E-state index contributed by atoms with van der Waals surface area (Å²) in [6.07, 6.45) is 0. The van der Waals surface area contributed by atoms with Crippen LogP contribution in [0.4, 0.5) is 5.69 Å². The van der Waals surface area contributed by atoms with E-state index in [0.29, 0.717) is 5.56 Å². The van der Waals surface area contributed by atoms with E-state index in [0.717, 1.165) is 15.6 Å². The van der Waals surface area contributed by atoms with Gasteiger partial charge in [-0.05, 0) is 29.3 Å². The predicted molar refractivity (Wildman–Crippen MR) is 127 cm³/mol. The van der Waals surface area contributed by atoms with E-state index < -0.39 is 0 Å². The van der Waals surface area contributed by atoms with Crippen molar-refractivity contribution in [3.05, 3.63) is 100 Å². The smallest absolute Gasteiger partial charge is 0.258 e. The Balaban J connectivity index is 1.73. The summed E-state index contributed by atoms with van der Waals surface area (Å²) >= 11 is 1.73. The van der Waals surface area contributed by atoms with E-state index in [2.05, 4.69) is 50.2 Å². The summed E-state index contributed by atoms with van der Waals surface area (Å²) < 4.78 is 2.31. The molecule has 4 heteroatoms. The van der Waals surface area contributed by atoms with E-state index in [1.807, 2.05) is 30.3 Å². The highest BCUT2D eigenvalue weighted by Gasteiger charge is 2.37. The first-order valence-electron chi connectivity index (χ1n) is 10.1. The molecular formula is C27H17NO2S. The Kier molecular flexibility index (Phi) is 3.60. The summed E-state index contributed by atoms with van der Waals surface area (Å²) in [5, 5.41) is 14.0. The second-order valence-electron chi connectivity index (χ2n) is 8.44. The highest BCUT2D eigenvalue weighted by Crippen LogP contribution is 2.54. The number of fused-ring (bicyclic) bond motifs is 7. The lowest BCUT2D eigenvalue weighted by Gasteiger charge is -2.19. The molecule has 0 radical (unpaired) electrons. The van der Waals surface area contributed by atoms with Crippen LogP contribution in [0.15, 0.2) is 66.7 Å². The Bertz CT molecular complexity index is 1540. The van der Waals surface area contributed by atoms with Crippen molar-refractivity contribution in [1.82, 2.24) is 0 Å². The van der Waals surface area contributed by atoms with Crippen molar-refractivity contribution in [3.63, 3.8) is 0 Å². The van der Waals surface area contributed by atoms with Crippen LogP contribution in [0.1, 0.15) is 25.0 Å². The molecule has 1 heterocycles. The van der Waals surface area contributed by atoms with Gasteiger partial charge < -0.3 is 0 Å². The van der Waals surface area contributed by atoms with Crippen LogP contribution in [0, 0.1) is 22.2 Å². The van der Waals surface area contributed by atoms with Gasteiger partial charge in [-0.1, -0.05) is 68.4 Å². The van der Waals surface area contributed by atoms with Crippen LogP contribution in [0.5, 0.6) is 0 Å². The van der Waals surface area contributed by atoms with E-state index >= 15 is 0 Å². The molecule has 3 nitrogen and oxygen atoms in total. The Morgan fingerprint density at radius 3 is 2.48 bits per heavy atom. The maximum atomic E-state index is 11.7. The Morgan fingerprint density at radius 2 is 1.65 bits per heavy atom. The first-order chi connectivity index (χ1) is 15.0. The molecule has 0 saturated carbocycles. The molecule has 6 rings (SSSR count). The molecule has 1 aliphatic carbocycles. The fourth-order valence-electron chi connectivity index (χ4n) is 4.95. The number of nitro groups is 1. The van der Waals surface area contributed by atoms with Crippen molar-refractivity contribution in [1.29, 1.82) is 0 Å². The molecule has 0 aliphatic heterocycles. The number of rotatable bonds is 2. The van der Waals surface area contributed by atoms with Gasteiger partial charge in [0.05, 0.1) is 10.5 Å². The Morgan fingerprint density at radius 1 is 0.871 bits per heavy atom. The lowest BCUT2D eigenvalue weighted by Crippen LogP contribution is -2.14. The summed E-state index contributed by atoms with van der Waals surface area (Å²) in [7, 11) is 0. The fraction of sp³-hybridized carbons (Fsp3) is 0.111. The third-order valence-electron chi connectivity index (χ3n) is 6.43. The Labute approximate surface area is 183 Å². The van der Waals surface area contributed by atoms with Gasteiger partial charge in [0.25, 0.3) is 5.69 Å². The van der Waals surface area contributed by atoms with E-state index in [9.17, 15) is 10.1 Å². The third kappa shape index (κ3) is 2.35. The molecule has 0 spiro atoms. The summed E-state index contributed by atoms with van der Waals surface area (Å²) in [5.41, 5.74) is 6.51. The molecule has 0 fully saturated rings. The third-order valence-corrected chi connectivity index (χ3v) is 7.70. The van der Waals surface area contributed by atoms with Crippen molar-refractivity contribution in [2.24, 2.45) is 0 Å². The van der Waals surface area contributed by atoms with Gasteiger partial charge in [-0.3, -0.25) is 10.1 Å². The molecule has 0 N–H and O–H groups in total. The molecule has 31 heavy (non-hydrogen) atoms. The molecule has 1 aliphatic rings. The van der Waals surface area contributed by atoms with Crippen LogP contribution >= 0.6 is 11.3 Å². The molecule has 0 atom stereocenters. The fourth-order valence-corrected chi connectivity index (χ4v) is 6.34. The zero-order valence-corrected chi connectivity index (χ0v) is 17.8. The summed E-state index contributed by atoms with van der Waals surface area (Å²) in [5.74, 6) is 0. The second kappa shape index (κ2) is 6.16. The van der Waals surface area contributed by atoms with Crippen molar-refractivity contribution < 1.29 is 4.92 Å². The monoisotopic (exact) mass is 419 g/mol. The van der Waals surface area contributed by atoms with Gasteiger partial charge in [0, 0.05) is 48.3 Å². The SMILES string of the molecule is CC1(C)c2c#cccc2-c2c1ccc1c2sc2c(-c3ccccc3[N+](=O)[O-])cccc21. The molecule has 0 bridgehead atoms. The molecule has 148 valence electrons. The van der Waals surface area contributed by atoms with Crippen LogP contribution in [0.3, 0.4) is 0 Å². The zero-order valence-electron chi connectivity index (χ0n) is 17.0.